The highest BCUT2D eigenvalue weighted by atomic mass is 79.9. The molecule has 0 radical (unpaired) electrons. The van der Waals surface area contributed by atoms with E-state index in [9.17, 15) is 4.79 Å². The third-order valence-electron chi connectivity index (χ3n) is 6.14. The van der Waals surface area contributed by atoms with Gasteiger partial charge in [-0.05, 0) is 55.4 Å². The van der Waals surface area contributed by atoms with Gasteiger partial charge in [-0.25, -0.2) is 0 Å². The summed E-state index contributed by atoms with van der Waals surface area (Å²) in [5.41, 5.74) is 3.97. The van der Waals surface area contributed by atoms with Crippen LogP contribution in [0.3, 0.4) is 0 Å². The summed E-state index contributed by atoms with van der Waals surface area (Å²) >= 11 is 3.65. The highest BCUT2D eigenvalue weighted by Gasteiger charge is 2.51. The number of fused-ring (bicyclic) bond motifs is 1. The van der Waals surface area contributed by atoms with Gasteiger partial charge in [-0.15, -0.1) is 0 Å². The Balaban J connectivity index is 1.92. The van der Waals surface area contributed by atoms with Gasteiger partial charge in [0.15, 0.2) is 0 Å². The molecule has 1 fully saturated rings. The lowest BCUT2D eigenvalue weighted by molar-refractivity contribution is -0.120. The van der Waals surface area contributed by atoms with Gasteiger partial charge in [0.2, 0.25) is 5.91 Å². The Bertz CT molecular complexity index is 631. The summed E-state index contributed by atoms with van der Waals surface area (Å²) in [4.78, 5) is 15.3. The summed E-state index contributed by atoms with van der Waals surface area (Å²) in [6.45, 7) is 4.43. The van der Waals surface area contributed by atoms with E-state index in [-0.39, 0.29) is 11.5 Å². The van der Waals surface area contributed by atoms with E-state index >= 15 is 0 Å². The van der Waals surface area contributed by atoms with Crippen LogP contribution in [0.1, 0.15) is 81.8 Å². The monoisotopic (exact) mass is 361 g/mol. The second-order valence-electron chi connectivity index (χ2n) is 7.57. The number of nitrogens with zero attached hydrogens (tertiary/aromatic N) is 1. The summed E-state index contributed by atoms with van der Waals surface area (Å²) in [7, 11) is 0. The Morgan fingerprint density at radius 3 is 2.41 bits per heavy atom. The van der Waals surface area contributed by atoms with Gasteiger partial charge >= 0.3 is 0 Å². The van der Waals surface area contributed by atoms with Crippen LogP contribution in [0.2, 0.25) is 0 Å². The van der Waals surface area contributed by atoms with E-state index in [0.717, 1.165) is 10.9 Å². The van der Waals surface area contributed by atoms with Gasteiger partial charge in [-0.2, -0.15) is 0 Å². The molecule has 4 rings (SSSR count). The molecule has 3 aliphatic rings. The molecular weight excluding hydrogens is 338 g/mol. The Morgan fingerprint density at radius 1 is 1.09 bits per heavy atom. The number of anilines is 1. The van der Waals surface area contributed by atoms with Crippen LogP contribution in [0.5, 0.6) is 0 Å². The molecule has 0 saturated heterocycles. The molecule has 1 aromatic rings. The van der Waals surface area contributed by atoms with Crippen molar-refractivity contribution in [3.63, 3.8) is 0 Å². The normalized spacial score (nSPS) is 29.6. The van der Waals surface area contributed by atoms with Gasteiger partial charge in [-0.3, -0.25) is 4.79 Å². The number of carbonyl (C=O) groups excluding carboxylic acids is 1. The van der Waals surface area contributed by atoms with Crippen LogP contribution in [0.25, 0.3) is 0 Å². The molecule has 1 amide bonds. The van der Waals surface area contributed by atoms with Crippen molar-refractivity contribution in [2.45, 2.75) is 76.2 Å². The number of hydrogen-bond donors (Lipinski definition) is 0. The van der Waals surface area contributed by atoms with Crippen molar-refractivity contribution >= 4 is 27.5 Å². The van der Waals surface area contributed by atoms with Gasteiger partial charge in [0.1, 0.15) is 0 Å². The molecule has 2 aliphatic heterocycles. The lowest BCUT2D eigenvalue weighted by Crippen LogP contribution is -2.54. The quantitative estimate of drug-likeness (QED) is 0.597. The van der Waals surface area contributed by atoms with Gasteiger partial charge in [0.25, 0.3) is 0 Å². The Kier molecular flexibility index (Phi) is 3.41. The first kappa shape index (κ1) is 14.7. The van der Waals surface area contributed by atoms with E-state index in [2.05, 4.69) is 46.8 Å². The number of halogens is 1. The van der Waals surface area contributed by atoms with Crippen LogP contribution in [0.4, 0.5) is 5.69 Å². The minimum Gasteiger partial charge on any atom is -0.305 e. The average Bonchev–Trinajstić information content (AvgIpc) is 2.67. The molecule has 0 N–H and O–H groups in total. The van der Waals surface area contributed by atoms with E-state index in [1.807, 2.05) is 0 Å². The van der Waals surface area contributed by atoms with E-state index in [4.69, 9.17) is 0 Å². The fourth-order valence-electron chi connectivity index (χ4n) is 5.10. The molecule has 22 heavy (non-hydrogen) atoms. The van der Waals surface area contributed by atoms with Crippen molar-refractivity contribution in [1.82, 2.24) is 0 Å². The Morgan fingerprint density at radius 2 is 1.73 bits per heavy atom. The highest BCUT2D eigenvalue weighted by molar-refractivity contribution is 9.10. The standard InChI is InChI=1S/C19H24BrNO/c1-12-11-19(7-5-3-4-6-8-19)21-17-15(12)9-14(20)10-16(17)13(2)18(21)22/h9-10,12-13H,3-8,11H2,1-2H3. The first-order valence-corrected chi connectivity index (χ1v) is 9.50. The number of amides is 1. The number of carbonyl (C=O) groups is 1. The van der Waals surface area contributed by atoms with Crippen molar-refractivity contribution in [2.24, 2.45) is 0 Å². The fourth-order valence-corrected chi connectivity index (χ4v) is 5.59. The van der Waals surface area contributed by atoms with Crippen LogP contribution in [0, 0.1) is 0 Å². The van der Waals surface area contributed by atoms with Gasteiger partial charge in [0.05, 0.1) is 11.6 Å². The predicted octanol–water partition coefficient (Wildman–Crippen LogP) is 5.50. The minimum absolute atomic E-state index is 0.0108. The summed E-state index contributed by atoms with van der Waals surface area (Å²) < 4.78 is 1.12. The molecule has 1 spiro atoms. The average molecular weight is 362 g/mol. The van der Waals surface area contributed by atoms with Crippen LogP contribution in [-0.4, -0.2) is 11.4 Å². The maximum Gasteiger partial charge on any atom is 0.234 e. The van der Waals surface area contributed by atoms with Crippen molar-refractivity contribution < 1.29 is 4.79 Å². The van der Waals surface area contributed by atoms with Crippen molar-refractivity contribution in [3.05, 3.63) is 27.7 Å². The lowest BCUT2D eigenvalue weighted by Gasteiger charge is -2.48. The maximum atomic E-state index is 13.1. The van der Waals surface area contributed by atoms with Crippen molar-refractivity contribution in [2.75, 3.05) is 4.90 Å². The molecule has 1 saturated carbocycles. The Labute approximate surface area is 141 Å². The summed E-state index contributed by atoms with van der Waals surface area (Å²) in [5, 5.41) is 0. The molecule has 0 bridgehead atoms. The summed E-state index contributed by atoms with van der Waals surface area (Å²) in [6.07, 6.45) is 8.70. The number of rotatable bonds is 0. The molecule has 2 heterocycles. The molecule has 0 aromatic heterocycles. The predicted molar refractivity (Wildman–Crippen MR) is 93.5 cm³/mol. The SMILES string of the molecule is CC1CC2(CCCCCC2)N2C(=O)C(C)c3cc(Br)cc1c32. The lowest BCUT2D eigenvalue weighted by atomic mass is 9.74. The molecule has 3 heteroatoms. The third-order valence-corrected chi connectivity index (χ3v) is 6.60. The van der Waals surface area contributed by atoms with Crippen molar-refractivity contribution in [3.8, 4) is 0 Å². The Hall–Kier alpha value is -0.830. The van der Waals surface area contributed by atoms with Gasteiger partial charge in [-0.1, -0.05) is 48.5 Å². The largest absolute Gasteiger partial charge is 0.305 e. The highest BCUT2D eigenvalue weighted by Crippen LogP contribution is 2.55. The second-order valence-corrected chi connectivity index (χ2v) is 8.49. The topological polar surface area (TPSA) is 20.3 Å². The van der Waals surface area contributed by atoms with E-state index in [1.165, 1.54) is 55.3 Å². The summed E-state index contributed by atoms with van der Waals surface area (Å²) in [6, 6.07) is 4.41. The molecule has 2 nitrogen and oxygen atoms in total. The molecule has 2 atom stereocenters. The van der Waals surface area contributed by atoms with Crippen LogP contribution >= 0.6 is 15.9 Å². The maximum absolute atomic E-state index is 13.1. The zero-order chi connectivity index (χ0) is 15.5. The van der Waals surface area contributed by atoms with Crippen molar-refractivity contribution in [1.29, 1.82) is 0 Å². The van der Waals surface area contributed by atoms with Crippen LogP contribution in [0.15, 0.2) is 16.6 Å². The van der Waals surface area contributed by atoms with Crippen LogP contribution in [-0.2, 0) is 4.79 Å². The van der Waals surface area contributed by atoms with E-state index < -0.39 is 0 Å². The van der Waals surface area contributed by atoms with E-state index in [0.29, 0.717) is 11.8 Å². The molecule has 118 valence electrons. The van der Waals surface area contributed by atoms with Gasteiger partial charge < -0.3 is 4.90 Å². The minimum atomic E-state index is 0.0108. The molecular formula is C19H24BrNO. The number of benzene rings is 1. The third kappa shape index (κ3) is 1.94. The van der Waals surface area contributed by atoms with E-state index in [1.54, 1.807) is 0 Å². The second kappa shape index (κ2) is 5.09. The first-order valence-electron chi connectivity index (χ1n) is 8.71. The zero-order valence-corrected chi connectivity index (χ0v) is 15.1. The van der Waals surface area contributed by atoms with Gasteiger partial charge in [0, 0.05) is 10.0 Å². The fraction of sp³-hybridized carbons (Fsp3) is 0.632. The molecule has 2 unspecified atom stereocenters. The zero-order valence-electron chi connectivity index (χ0n) is 13.5. The summed E-state index contributed by atoms with van der Waals surface area (Å²) in [5.74, 6) is 0.888. The molecule has 1 aliphatic carbocycles. The number of hydrogen-bond acceptors (Lipinski definition) is 1. The van der Waals surface area contributed by atoms with Crippen LogP contribution < -0.4 is 4.90 Å². The molecule has 1 aromatic carbocycles. The smallest absolute Gasteiger partial charge is 0.234 e. The first-order chi connectivity index (χ1) is 10.5.